The maximum absolute atomic E-state index is 10.8. The number of hydrogen-bond acceptors (Lipinski definition) is 16. The van der Waals surface area contributed by atoms with E-state index < -0.39 is 129 Å². The third kappa shape index (κ3) is 6.96. The summed E-state index contributed by atoms with van der Waals surface area (Å²) in [5.41, 5.74) is 0. The quantitative estimate of drug-likeness (QED) is 0.126. The maximum atomic E-state index is 10.8. The highest BCUT2D eigenvalue weighted by Gasteiger charge is 2.53. The smallest absolute Gasteiger partial charge is 0.187 e. The lowest BCUT2D eigenvalue weighted by molar-refractivity contribution is -0.346. The van der Waals surface area contributed by atoms with E-state index in [1.54, 1.807) is 0 Å². The SMILES string of the molecule is COC1CC(C2OC3CC(O)CC(O)C3CC2O[C@@H]2O[C@H](CO[C@@H]3O[C@@H](C)[C@H](O)[C@@H](O)[C@H]3O)[C@@H](O)[C@H](O)[C@H]2O)CC(O)C1O. The Morgan fingerprint density at radius 1 is 0.614 bits per heavy atom. The van der Waals surface area contributed by atoms with Gasteiger partial charge in [0.2, 0.25) is 0 Å². The summed E-state index contributed by atoms with van der Waals surface area (Å²) < 4.78 is 34.9. The second kappa shape index (κ2) is 14.2. The van der Waals surface area contributed by atoms with Crippen molar-refractivity contribution in [1.29, 1.82) is 0 Å². The van der Waals surface area contributed by atoms with Crippen LogP contribution < -0.4 is 0 Å². The second-order valence-electron chi connectivity index (χ2n) is 13.0. The van der Waals surface area contributed by atoms with Crippen LogP contribution in [0, 0.1) is 11.8 Å². The van der Waals surface area contributed by atoms with Gasteiger partial charge in [-0.25, -0.2) is 0 Å². The van der Waals surface area contributed by atoms with Crippen molar-refractivity contribution in [1.82, 2.24) is 0 Å². The van der Waals surface area contributed by atoms with Crippen molar-refractivity contribution >= 4 is 0 Å². The third-order valence-electron chi connectivity index (χ3n) is 10.0. The molecule has 44 heavy (non-hydrogen) atoms. The van der Waals surface area contributed by atoms with Crippen molar-refractivity contribution in [2.45, 2.75) is 149 Å². The summed E-state index contributed by atoms with van der Waals surface area (Å²) in [6.07, 6.45) is -20.3. The van der Waals surface area contributed by atoms with Gasteiger partial charge in [-0.3, -0.25) is 0 Å². The molecular weight excluding hydrogens is 592 g/mol. The Morgan fingerprint density at radius 2 is 1.30 bits per heavy atom. The summed E-state index contributed by atoms with van der Waals surface area (Å²) in [5.74, 6) is -0.828. The van der Waals surface area contributed by atoms with Crippen LogP contribution in [-0.2, 0) is 28.4 Å². The van der Waals surface area contributed by atoms with Crippen LogP contribution in [0.5, 0.6) is 0 Å². The zero-order valence-electron chi connectivity index (χ0n) is 24.7. The van der Waals surface area contributed by atoms with Crippen LogP contribution in [0.4, 0.5) is 0 Å². The Bertz CT molecular complexity index is 930. The van der Waals surface area contributed by atoms with Gasteiger partial charge in [0.1, 0.15) is 48.8 Å². The van der Waals surface area contributed by atoms with Crippen molar-refractivity contribution < 1.29 is 79.5 Å². The monoisotopic (exact) mass is 640 g/mol. The topological polar surface area (TPSA) is 258 Å². The van der Waals surface area contributed by atoms with Gasteiger partial charge in [0, 0.05) is 13.0 Å². The summed E-state index contributed by atoms with van der Waals surface area (Å²) in [5, 5.41) is 104. The fourth-order valence-electron chi connectivity index (χ4n) is 7.36. The first kappa shape index (κ1) is 34.7. The van der Waals surface area contributed by atoms with Gasteiger partial charge >= 0.3 is 0 Å². The first-order valence-corrected chi connectivity index (χ1v) is 15.4. The minimum atomic E-state index is -1.73. The van der Waals surface area contributed by atoms with E-state index in [0.717, 1.165) is 0 Å². The van der Waals surface area contributed by atoms with Gasteiger partial charge in [0.15, 0.2) is 12.6 Å². The molecule has 0 bridgehead atoms. The molecule has 5 aliphatic rings. The number of aliphatic hydroxyl groups excluding tert-OH is 10. The van der Waals surface area contributed by atoms with Crippen LogP contribution in [0.2, 0.25) is 0 Å². The fourth-order valence-corrected chi connectivity index (χ4v) is 7.36. The average Bonchev–Trinajstić information content (AvgIpc) is 2.99. The van der Waals surface area contributed by atoms with Crippen LogP contribution in [0.1, 0.15) is 39.0 Å². The van der Waals surface area contributed by atoms with Gasteiger partial charge < -0.3 is 79.5 Å². The molecule has 2 saturated carbocycles. The number of hydrogen-bond donors (Lipinski definition) is 10. The van der Waals surface area contributed by atoms with Crippen LogP contribution in [0.3, 0.4) is 0 Å². The number of methoxy groups -OCH3 is 1. The van der Waals surface area contributed by atoms with Crippen LogP contribution in [-0.4, -0.2) is 175 Å². The first-order valence-electron chi connectivity index (χ1n) is 15.4. The first-order chi connectivity index (χ1) is 20.8. The highest BCUT2D eigenvalue weighted by atomic mass is 16.7. The molecule has 5 rings (SSSR count). The molecule has 0 amide bonds. The van der Waals surface area contributed by atoms with Crippen molar-refractivity contribution in [3.05, 3.63) is 0 Å². The number of fused-ring (bicyclic) bond motifs is 1. The molecule has 20 atom stereocenters. The summed E-state index contributed by atoms with van der Waals surface area (Å²) in [4.78, 5) is 0. The van der Waals surface area contributed by atoms with E-state index in [9.17, 15) is 51.1 Å². The Balaban J connectivity index is 1.31. The molecule has 0 spiro atoms. The highest BCUT2D eigenvalue weighted by molar-refractivity contribution is 5.00. The minimum Gasteiger partial charge on any atom is -0.393 e. The molecule has 3 saturated heterocycles. The van der Waals surface area contributed by atoms with E-state index in [1.807, 2.05) is 0 Å². The van der Waals surface area contributed by atoms with Crippen molar-refractivity contribution in [3.8, 4) is 0 Å². The van der Waals surface area contributed by atoms with Gasteiger partial charge in [-0.15, -0.1) is 0 Å². The Hall–Kier alpha value is -0.640. The summed E-state index contributed by atoms with van der Waals surface area (Å²) in [6.45, 7) is 1.01. The van der Waals surface area contributed by atoms with Crippen LogP contribution in [0.25, 0.3) is 0 Å². The van der Waals surface area contributed by atoms with E-state index in [0.29, 0.717) is 6.42 Å². The molecule has 2 aliphatic carbocycles. The third-order valence-corrected chi connectivity index (χ3v) is 10.0. The zero-order valence-corrected chi connectivity index (χ0v) is 24.7. The second-order valence-corrected chi connectivity index (χ2v) is 13.0. The van der Waals surface area contributed by atoms with E-state index in [2.05, 4.69) is 0 Å². The van der Waals surface area contributed by atoms with Crippen molar-refractivity contribution in [2.75, 3.05) is 13.7 Å². The number of rotatable bonds is 7. The molecule has 0 aromatic rings. The molecule has 16 nitrogen and oxygen atoms in total. The zero-order chi connectivity index (χ0) is 32.0. The van der Waals surface area contributed by atoms with Gasteiger partial charge in [-0.2, -0.15) is 0 Å². The van der Waals surface area contributed by atoms with Gasteiger partial charge in [0.25, 0.3) is 0 Å². The Labute approximate surface area is 254 Å². The predicted octanol–water partition coefficient (Wildman–Crippen LogP) is -4.54. The van der Waals surface area contributed by atoms with Crippen molar-refractivity contribution in [3.63, 3.8) is 0 Å². The Kier molecular flexibility index (Phi) is 11.2. The van der Waals surface area contributed by atoms with Gasteiger partial charge in [0.05, 0.1) is 55.4 Å². The Morgan fingerprint density at radius 3 is 2.00 bits per heavy atom. The molecule has 0 aromatic heterocycles. The number of ether oxygens (including phenoxy) is 6. The fraction of sp³-hybridized carbons (Fsp3) is 1.00. The summed E-state index contributed by atoms with van der Waals surface area (Å²) in [6, 6.07) is 0. The molecule has 5 fully saturated rings. The number of aliphatic hydroxyl groups is 10. The standard InChI is InChI=1S/C28H48O16/c1-9-19(32)22(35)24(37)27(41-9)40-8-18-21(34)23(36)25(38)28(44-18)43-17-7-12-13(30)5-11(29)6-15(12)42-26(17)10-3-14(31)20(33)16(4-10)39-2/h9-38H,3-8H2,1-2H3/t9-,10?,11?,12?,13?,14?,15?,16?,17?,18+,19-,20?,21+,22+,23-,24+,25+,26?,27+,28+/m0/s1. The molecular formula is C28H48O16. The van der Waals surface area contributed by atoms with E-state index in [1.165, 1.54) is 14.0 Å². The van der Waals surface area contributed by atoms with Crippen LogP contribution >= 0.6 is 0 Å². The average molecular weight is 641 g/mol. The van der Waals surface area contributed by atoms with Crippen LogP contribution in [0.15, 0.2) is 0 Å². The maximum Gasteiger partial charge on any atom is 0.187 e. The van der Waals surface area contributed by atoms with E-state index in [4.69, 9.17) is 28.4 Å². The lowest BCUT2D eigenvalue weighted by atomic mass is 9.72. The molecule has 3 heterocycles. The van der Waals surface area contributed by atoms with Crippen molar-refractivity contribution in [2.24, 2.45) is 11.8 Å². The largest absolute Gasteiger partial charge is 0.393 e. The summed E-state index contributed by atoms with van der Waals surface area (Å²) >= 11 is 0. The summed E-state index contributed by atoms with van der Waals surface area (Å²) in [7, 11) is 1.42. The molecule has 256 valence electrons. The highest BCUT2D eigenvalue weighted by Crippen LogP contribution is 2.43. The predicted molar refractivity (Wildman–Crippen MR) is 143 cm³/mol. The molecule has 10 unspecified atom stereocenters. The van der Waals surface area contributed by atoms with E-state index in [-0.39, 0.29) is 25.7 Å². The molecule has 3 aliphatic heterocycles. The molecule has 0 aromatic carbocycles. The lowest BCUT2D eigenvalue weighted by Gasteiger charge is -2.51. The lowest BCUT2D eigenvalue weighted by Crippen LogP contribution is -2.63. The molecule has 0 radical (unpaired) electrons. The minimum absolute atomic E-state index is 0.141. The van der Waals surface area contributed by atoms with E-state index >= 15 is 0 Å². The molecule has 10 N–H and O–H groups in total. The van der Waals surface area contributed by atoms with Gasteiger partial charge in [-0.05, 0) is 44.9 Å². The van der Waals surface area contributed by atoms with Gasteiger partial charge in [-0.1, -0.05) is 0 Å². The normalized spacial score (nSPS) is 55.4. The molecule has 16 heteroatoms.